The molecule has 0 saturated heterocycles. The van der Waals surface area contributed by atoms with E-state index in [0.717, 1.165) is 48.3 Å². The van der Waals surface area contributed by atoms with Gasteiger partial charge in [0.1, 0.15) is 5.69 Å². The molecule has 0 spiro atoms. The number of ketones is 1. The summed E-state index contributed by atoms with van der Waals surface area (Å²) < 4.78 is 4.09. The largest absolute Gasteiger partial charge is 0.334 e. The summed E-state index contributed by atoms with van der Waals surface area (Å²) in [6.07, 6.45) is 7.41. The van der Waals surface area contributed by atoms with Gasteiger partial charge in [0.15, 0.2) is 5.78 Å². The lowest BCUT2D eigenvalue weighted by molar-refractivity contribution is 0.0947. The van der Waals surface area contributed by atoms with E-state index in [4.69, 9.17) is 10.4 Å². The molecule has 0 amide bonds. The Hall–Kier alpha value is -3.20. The molecule has 0 N–H and O–H groups in total. The molecule has 1 fully saturated rings. The third kappa shape index (κ3) is 3.24. The molecule has 6 nitrogen and oxygen atoms in total. The van der Waals surface area contributed by atoms with Gasteiger partial charge in [0.05, 0.1) is 23.7 Å². The third-order valence-corrected chi connectivity index (χ3v) is 6.20. The molecule has 1 atom stereocenters. The number of carbonyl (C=O) groups is 1. The number of Topliss-reactive ketones (excluding diaryl/α,β-unsaturated/α-hetero) is 1. The summed E-state index contributed by atoms with van der Waals surface area (Å²) >= 11 is 0. The molecule has 5 rings (SSSR count). The molecule has 152 valence electrons. The minimum Gasteiger partial charge on any atom is -0.334 e. The van der Waals surface area contributed by atoms with Gasteiger partial charge in [0.2, 0.25) is 0 Å². The number of imidazole rings is 1. The van der Waals surface area contributed by atoms with Crippen molar-refractivity contribution < 1.29 is 4.79 Å². The average Bonchev–Trinajstić information content (AvgIpc) is 3.17. The molecule has 3 heterocycles. The number of nitrogens with zero attached hydrogens (tertiary/aromatic N) is 5. The van der Waals surface area contributed by atoms with E-state index in [9.17, 15) is 4.79 Å². The fraction of sp³-hybridized carbons (Fsp3) is 0.417. The molecule has 0 unspecified atom stereocenters. The van der Waals surface area contributed by atoms with Crippen molar-refractivity contribution in [3.8, 4) is 17.3 Å². The molecule has 0 bridgehead atoms. The van der Waals surface area contributed by atoms with Crippen molar-refractivity contribution in [2.45, 2.75) is 58.0 Å². The Kier molecular flexibility index (Phi) is 4.54. The Balaban J connectivity index is 1.51. The molecule has 6 heteroatoms. The summed E-state index contributed by atoms with van der Waals surface area (Å²) in [5.41, 5.74) is 5.63. The fourth-order valence-corrected chi connectivity index (χ4v) is 4.59. The van der Waals surface area contributed by atoms with Crippen LogP contribution in [0, 0.1) is 17.2 Å². The van der Waals surface area contributed by atoms with Gasteiger partial charge in [-0.2, -0.15) is 10.4 Å². The van der Waals surface area contributed by atoms with Gasteiger partial charge in [0.25, 0.3) is 0 Å². The predicted octanol–water partition coefficient (Wildman–Crippen LogP) is 4.52. The smallest absolute Gasteiger partial charge is 0.181 e. The maximum atomic E-state index is 13.6. The van der Waals surface area contributed by atoms with Crippen LogP contribution in [0.3, 0.4) is 0 Å². The van der Waals surface area contributed by atoms with Crippen LogP contribution >= 0.6 is 0 Å². The summed E-state index contributed by atoms with van der Waals surface area (Å²) in [5, 5.41) is 14.0. The number of nitriles is 1. The van der Waals surface area contributed by atoms with Crippen LogP contribution in [0.1, 0.15) is 72.4 Å². The molecular formula is C24H25N5O. The number of hydrogen-bond acceptors (Lipinski definition) is 4. The molecule has 1 aromatic carbocycles. The van der Waals surface area contributed by atoms with Crippen molar-refractivity contribution in [3.63, 3.8) is 0 Å². The first-order chi connectivity index (χ1) is 14.5. The highest BCUT2D eigenvalue weighted by atomic mass is 16.1. The summed E-state index contributed by atoms with van der Waals surface area (Å²) in [6.45, 7) is 5.02. The highest BCUT2D eigenvalue weighted by molar-refractivity contribution is 5.98. The van der Waals surface area contributed by atoms with Crippen molar-refractivity contribution >= 4 is 5.78 Å². The van der Waals surface area contributed by atoms with Crippen LogP contribution in [0.5, 0.6) is 0 Å². The molecular weight excluding hydrogens is 374 g/mol. The molecule has 0 radical (unpaired) electrons. The summed E-state index contributed by atoms with van der Waals surface area (Å²) in [7, 11) is 0. The van der Waals surface area contributed by atoms with Crippen LogP contribution in [-0.2, 0) is 13.0 Å². The molecule has 1 aliphatic carbocycles. The molecule has 30 heavy (non-hydrogen) atoms. The zero-order valence-electron chi connectivity index (χ0n) is 17.4. The van der Waals surface area contributed by atoms with Gasteiger partial charge in [-0.1, -0.05) is 12.1 Å². The summed E-state index contributed by atoms with van der Waals surface area (Å²) in [5.74, 6) is 0.918. The van der Waals surface area contributed by atoms with Gasteiger partial charge in [-0.15, -0.1) is 0 Å². The highest BCUT2D eigenvalue weighted by Crippen LogP contribution is 2.47. The number of fused-ring (bicyclic) bond motifs is 1. The van der Waals surface area contributed by atoms with Crippen LogP contribution in [0.25, 0.3) is 11.3 Å². The van der Waals surface area contributed by atoms with Gasteiger partial charge < -0.3 is 4.57 Å². The summed E-state index contributed by atoms with van der Waals surface area (Å²) in [4.78, 5) is 17.8. The highest BCUT2D eigenvalue weighted by Gasteiger charge is 2.36. The van der Waals surface area contributed by atoms with Crippen LogP contribution < -0.4 is 0 Å². The number of hydrogen-bond donors (Lipinski definition) is 0. The maximum Gasteiger partial charge on any atom is 0.181 e. The van der Waals surface area contributed by atoms with Gasteiger partial charge in [0, 0.05) is 42.0 Å². The van der Waals surface area contributed by atoms with E-state index in [1.807, 2.05) is 41.5 Å². The molecule has 1 saturated carbocycles. The first-order valence-corrected chi connectivity index (χ1v) is 10.7. The minimum absolute atomic E-state index is 0.107. The van der Waals surface area contributed by atoms with Crippen molar-refractivity contribution in [1.82, 2.24) is 19.3 Å². The topological polar surface area (TPSA) is 76.5 Å². The van der Waals surface area contributed by atoms with E-state index < -0.39 is 0 Å². The Morgan fingerprint density at radius 1 is 1.27 bits per heavy atom. The van der Waals surface area contributed by atoms with Crippen molar-refractivity contribution in [2.75, 3.05) is 0 Å². The average molecular weight is 399 g/mol. The predicted molar refractivity (Wildman–Crippen MR) is 113 cm³/mol. The van der Waals surface area contributed by atoms with Crippen molar-refractivity contribution in [1.29, 1.82) is 5.26 Å². The first kappa shape index (κ1) is 18.8. The molecule has 1 aliphatic heterocycles. The Labute approximate surface area is 176 Å². The van der Waals surface area contributed by atoms with Gasteiger partial charge in [-0.25, -0.2) is 4.98 Å². The SMILES string of the molecule is CC(C)n1nc(-c2ccc(C#N)cc2)c(C2CC2)c1C(=O)C[C@H]1Cc2cncn2C1. The van der Waals surface area contributed by atoms with Gasteiger partial charge in [-0.3, -0.25) is 9.48 Å². The number of aromatic nitrogens is 4. The normalized spacial score (nSPS) is 17.9. The minimum atomic E-state index is 0.107. The van der Waals surface area contributed by atoms with E-state index in [1.165, 1.54) is 5.69 Å². The van der Waals surface area contributed by atoms with Crippen LogP contribution in [-0.4, -0.2) is 25.1 Å². The van der Waals surface area contributed by atoms with E-state index in [-0.39, 0.29) is 11.8 Å². The second-order valence-electron chi connectivity index (χ2n) is 8.85. The second-order valence-corrected chi connectivity index (χ2v) is 8.85. The number of carbonyl (C=O) groups excluding carboxylic acids is 1. The zero-order chi connectivity index (χ0) is 20.8. The Morgan fingerprint density at radius 2 is 2.03 bits per heavy atom. The fourth-order valence-electron chi connectivity index (χ4n) is 4.59. The van der Waals surface area contributed by atoms with Crippen LogP contribution in [0.4, 0.5) is 0 Å². The first-order valence-electron chi connectivity index (χ1n) is 10.7. The lowest BCUT2D eigenvalue weighted by Crippen LogP contribution is -2.17. The van der Waals surface area contributed by atoms with Crippen molar-refractivity contribution in [3.05, 3.63) is 59.3 Å². The summed E-state index contributed by atoms with van der Waals surface area (Å²) in [6, 6.07) is 9.81. The second kappa shape index (κ2) is 7.24. The number of rotatable bonds is 6. The Morgan fingerprint density at radius 3 is 2.67 bits per heavy atom. The van der Waals surface area contributed by atoms with Crippen LogP contribution in [0.15, 0.2) is 36.8 Å². The Bertz CT molecular complexity index is 1120. The van der Waals surface area contributed by atoms with Crippen molar-refractivity contribution in [2.24, 2.45) is 5.92 Å². The van der Waals surface area contributed by atoms with Gasteiger partial charge >= 0.3 is 0 Å². The number of benzene rings is 1. The van der Waals surface area contributed by atoms with Gasteiger partial charge in [-0.05, 0) is 57.1 Å². The lowest BCUT2D eigenvalue weighted by atomic mass is 9.94. The van der Waals surface area contributed by atoms with E-state index in [1.54, 1.807) is 0 Å². The van der Waals surface area contributed by atoms with E-state index in [0.29, 0.717) is 23.8 Å². The van der Waals surface area contributed by atoms with Crippen LogP contribution in [0.2, 0.25) is 0 Å². The van der Waals surface area contributed by atoms with E-state index in [2.05, 4.69) is 29.5 Å². The monoisotopic (exact) mass is 399 g/mol. The molecule has 3 aromatic rings. The maximum absolute atomic E-state index is 13.6. The zero-order valence-corrected chi connectivity index (χ0v) is 17.4. The lowest BCUT2D eigenvalue weighted by Gasteiger charge is -2.14. The van der Waals surface area contributed by atoms with E-state index >= 15 is 0 Å². The quantitative estimate of drug-likeness (QED) is 0.571. The third-order valence-electron chi connectivity index (χ3n) is 6.20. The standard InChI is InChI=1S/C24H25N5O/c1-15(2)29-24(21(30)10-17-9-20-12-26-14-28(20)13-17)22(18-7-8-18)23(27-29)19-5-3-16(11-25)4-6-19/h3-6,12,14-15,17-18H,7-10,13H2,1-2H3/t17-/m1/s1. The molecule has 2 aliphatic rings. The molecule has 2 aromatic heterocycles.